The van der Waals surface area contributed by atoms with Crippen LogP contribution in [-0.2, 0) is 16.1 Å². The molecular formula is C12H16N2O4. The first-order valence-electron chi connectivity index (χ1n) is 5.47. The molecule has 0 amide bonds. The van der Waals surface area contributed by atoms with Crippen LogP contribution >= 0.6 is 0 Å². The molecule has 1 rings (SSSR count). The van der Waals surface area contributed by atoms with Crippen LogP contribution in [0.1, 0.15) is 18.2 Å². The normalized spacial score (nSPS) is 10.2. The lowest BCUT2D eigenvalue weighted by Gasteiger charge is -2.08. The lowest BCUT2D eigenvalue weighted by atomic mass is 10.3. The molecule has 1 aromatic heterocycles. The monoisotopic (exact) mass is 252 g/mol. The zero-order valence-electron chi connectivity index (χ0n) is 10.7. The van der Waals surface area contributed by atoms with Crippen molar-refractivity contribution < 1.29 is 9.53 Å². The Bertz CT molecular complexity index is 595. The number of aromatic amines is 1. The third-order valence-corrected chi connectivity index (χ3v) is 2.56. The van der Waals surface area contributed by atoms with Crippen molar-refractivity contribution in [1.82, 2.24) is 9.55 Å². The maximum Gasteiger partial charge on any atom is 0.333 e. The molecule has 0 saturated heterocycles. The van der Waals surface area contributed by atoms with Gasteiger partial charge in [-0.1, -0.05) is 6.58 Å². The van der Waals surface area contributed by atoms with Crippen LogP contribution in [0.2, 0.25) is 0 Å². The van der Waals surface area contributed by atoms with Gasteiger partial charge in [-0.05, 0) is 20.8 Å². The second-order valence-corrected chi connectivity index (χ2v) is 4.05. The Labute approximate surface area is 104 Å². The molecule has 1 aromatic rings. The predicted octanol–water partition coefficient (Wildman–Crippen LogP) is 0.273. The smallest absolute Gasteiger partial charge is 0.333 e. The maximum atomic E-state index is 11.8. The molecule has 1 heterocycles. The van der Waals surface area contributed by atoms with Crippen LogP contribution < -0.4 is 11.2 Å². The van der Waals surface area contributed by atoms with Gasteiger partial charge in [0.1, 0.15) is 6.61 Å². The molecule has 0 aromatic carbocycles. The number of H-pyrrole nitrogens is 1. The number of aromatic nitrogens is 2. The van der Waals surface area contributed by atoms with E-state index in [4.69, 9.17) is 4.74 Å². The molecule has 6 heteroatoms. The fourth-order valence-corrected chi connectivity index (χ4v) is 1.33. The highest BCUT2D eigenvalue weighted by atomic mass is 16.5. The fourth-order valence-electron chi connectivity index (χ4n) is 1.33. The molecule has 0 atom stereocenters. The van der Waals surface area contributed by atoms with Gasteiger partial charge in [0.2, 0.25) is 0 Å². The summed E-state index contributed by atoms with van der Waals surface area (Å²) in [5, 5.41) is 0. The zero-order chi connectivity index (χ0) is 13.9. The molecule has 0 radical (unpaired) electrons. The summed E-state index contributed by atoms with van der Waals surface area (Å²) in [4.78, 5) is 37.1. The van der Waals surface area contributed by atoms with Gasteiger partial charge in [0.15, 0.2) is 0 Å². The van der Waals surface area contributed by atoms with E-state index < -0.39 is 11.7 Å². The van der Waals surface area contributed by atoms with Crippen LogP contribution in [0, 0.1) is 13.8 Å². The second kappa shape index (κ2) is 5.48. The summed E-state index contributed by atoms with van der Waals surface area (Å²) in [6.07, 6.45) is 0. The summed E-state index contributed by atoms with van der Waals surface area (Å²) in [6, 6.07) is 0. The van der Waals surface area contributed by atoms with E-state index in [-0.39, 0.29) is 24.3 Å². The molecule has 0 aliphatic rings. The molecule has 1 N–H and O–H groups in total. The number of esters is 1. The Morgan fingerprint density at radius 3 is 2.56 bits per heavy atom. The first-order chi connectivity index (χ1) is 8.34. The van der Waals surface area contributed by atoms with Crippen LogP contribution in [0.3, 0.4) is 0 Å². The van der Waals surface area contributed by atoms with Crippen molar-refractivity contribution in [2.75, 3.05) is 6.61 Å². The summed E-state index contributed by atoms with van der Waals surface area (Å²) in [7, 11) is 0. The van der Waals surface area contributed by atoms with E-state index in [9.17, 15) is 14.4 Å². The van der Waals surface area contributed by atoms with Crippen molar-refractivity contribution >= 4 is 5.97 Å². The minimum absolute atomic E-state index is 0.0221. The van der Waals surface area contributed by atoms with Crippen LogP contribution in [0.15, 0.2) is 21.7 Å². The van der Waals surface area contributed by atoms with Gasteiger partial charge in [0.05, 0.1) is 6.54 Å². The quantitative estimate of drug-likeness (QED) is 0.616. The van der Waals surface area contributed by atoms with Crippen LogP contribution in [-0.4, -0.2) is 22.1 Å². The van der Waals surface area contributed by atoms with Crippen LogP contribution in [0.4, 0.5) is 0 Å². The van der Waals surface area contributed by atoms with Crippen LogP contribution in [0.25, 0.3) is 0 Å². The van der Waals surface area contributed by atoms with Gasteiger partial charge in [-0.25, -0.2) is 9.59 Å². The molecular weight excluding hydrogens is 236 g/mol. The van der Waals surface area contributed by atoms with E-state index >= 15 is 0 Å². The largest absolute Gasteiger partial charge is 0.460 e. The summed E-state index contributed by atoms with van der Waals surface area (Å²) in [5.41, 5.74) is 0.412. The minimum Gasteiger partial charge on any atom is -0.460 e. The Kier molecular flexibility index (Phi) is 4.25. The van der Waals surface area contributed by atoms with Crippen LogP contribution in [0.5, 0.6) is 0 Å². The number of rotatable bonds is 4. The molecule has 0 unspecified atom stereocenters. The number of hydrogen-bond donors (Lipinski definition) is 1. The van der Waals surface area contributed by atoms with Crippen molar-refractivity contribution in [3.8, 4) is 0 Å². The van der Waals surface area contributed by atoms with Gasteiger partial charge in [-0.15, -0.1) is 0 Å². The number of nitrogens with zero attached hydrogens (tertiary/aromatic N) is 1. The average molecular weight is 252 g/mol. The molecule has 0 spiro atoms. The van der Waals surface area contributed by atoms with E-state index in [1.807, 2.05) is 0 Å². The first-order valence-corrected chi connectivity index (χ1v) is 5.47. The predicted molar refractivity (Wildman–Crippen MR) is 66.6 cm³/mol. The highest BCUT2D eigenvalue weighted by Crippen LogP contribution is 1.94. The topological polar surface area (TPSA) is 81.2 Å². The molecule has 0 aliphatic carbocycles. The van der Waals surface area contributed by atoms with Gasteiger partial charge in [-0.3, -0.25) is 9.36 Å². The number of carbonyl (C=O) groups excluding carboxylic acids is 1. The van der Waals surface area contributed by atoms with E-state index in [0.717, 1.165) is 4.57 Å². The van der Waals surface area contributed by atoms with Gasteiger partial charge in [-0.2, -0.15) is 0 Å². The van der Waals surface area contributed by atoms with Crippen molar-refractivity contribution in [1.29, 1.82) is 0 Å². The van der Waals surface area contributed by atoms with Crippen molar-refractivity contribution in [3.05, 3.63) is 44.2 Å². The minimum atomic E-state index is -0.539. The number of aryl methyl sites for hydroxylation is 1. The number of ether oxygens (including phenoxy) is 1. The summed E-state index contributed by atoms with van der Waals surface area (Å²) in [6.45, 7) is 8.22. The van der Waals surface area contributed by atoms with Crippen molar-refractivity contribution in [3.63, 3.8) is 0 Å². The molecule has 6 nitrogen and oxygen atoms in total. The van der Waals surface area contributed by atoms with E-state index in [0.29, 0.717) is 11.3 Å². The highest BCUT2D eigenvalue weighted by Gasteiger charge is 2.08. The van der Waals surface area contributed by atoms with E-state index in [2.05, 4.69) is 11.6 Å². The standard InChI is InChI=1S/C12H16N2O4/c1-7(2)11(16)18-6-5-14-10(15)8(3)9(4)13-12(14)17/h1,5-6H2,2-4H3,(H,13,17). The maximum absolute atomic E-state index is 11.8. The van der Waals surface area contributed by atoms with Gasteiger partial charge >= 0.3 is 11.7 Å². The lowest BCUT2D eigenvalue weighted by Crippen LogP contribution is -2.38. The first kappa shape index (κ1) is 14.0. The molecule has 0 saturated carbocycles. The Morgan fingerprint density at radius 1 is 1.39 bits per heavy atom. The lowest BCUT2D eigenvalue weighted by molar-refractivity contribution is -0.139. The average Bonchev–Trinajstić information content (AvgIpc) is 2.30. The second-order valence-electron chi connectivity index (χ2n) is 4.05. The van der Waals surface area contributed by atoms with Crippen molar-refractivity contribution in [2.45, 2.75) is 27.3 Å². The number of carbonyl (C=O) groups is 1. The number of hydrogen-bond acceptors (Lipinski definition) is 4. The Hall–Kier alpha value is -2.11. The van der Waals surface area contributed by atoms with E-state index in [1.165, 1.54) is 6.92 Å². The SMILES string of the molecule is C=C(C)C(=O)OCCn1c(=O)[nH]c(C)c(C)c1=O. The Balaban J connectivity index is 2.84. The van der Waals surface area contributed by atoms with Crippen molar-refractivity contribution in [2.24, 2.45) is 0 Å². The molecule has 0 bridgehead atoms. The fraction of sp³-hybridized carbons (Fsp3) is 0.417. The van der Waals surface area contributed by atoms with Gasteiger partial charge in [0, 0.05) is 16.8 Å². The van der Waals surface area contributed by atoms with Gasteiger partial charge < -0.3 is 9.72 Å². The molecule has 0 aliphatic heterocycles. The zero-order valence-corrected chi connectivity index (χ0v) is 10.7. The highest BCUT2D eigenvalue weighted by molar-refractivity contribution is 5.86. The number of nitrogens with one attached hydrogen (secondary N) is 1. The third-order valence-electron chi connectivity index (χ3n) is 2.56. The third kappa shape index (κ3) is 2.97. The summed E-state index contributed by atoms with van der Waals surface area (Å²) in [5.74, 6) is -0.539. The summed E-state index contributed by atoms with van der Waals surface area (Å²) >= 11 is 0. The van der Waals surface area contributed by atoms with E-state index in [1.54, 1.807) is 13.8 Å². The Morgan fingerprint density at radius 2 is 2.00 bits per heavy atom. The molecule has 18 heavy (non-hydrogen) atoms. The van der Waals surface area contributed by atoms with Gasteiger partial charge in [0.25, 0.3) is 5.56 Å². The molecule has 98 valence electrons. The molecule has 0 fully saturated rings. The summed E-state index contributed by atoms with van der Waals surface area (Å²) < 4.78 is 5.84.